The Morgan fingerprint density at radius 1 is 0.519 bits per heavy atom. The lowest BCUT2D eigenvalue weighted by atomic mass is 9.89. The molecule has 0 aliphatic rings. The molecule has 0 radical (unpaired) electrons. The van der Waals surface area contributed by atoms with Crippen molar-refractivity contribution in [3.8, 4) is 11.1 Å². The van der Waals surface area contributed by atoms with E-state index in [0.29, 0.717) is 0 Å². The summed E-state index contributed by atoms with van der Waals surface area (Å²) < 4.78 is 0. The van der Waals surface area contributed by atoms with Gasteiger partial charge in [0.1, 0.15) is 0 Å². The molecule has 0 amide bonds. The first-order chi connectivity index (χ1) is 13.4. The fraction of sp³-hybridized carbons (Fsp3) is 0.556. The lowest BCUT2D eigenvalue weighted by molar-refractivity contribution is 0.575. The van der Waals surface area contributed by atoms with E-state index in [2.05, 4.69) is 62.4 Å². The quantitative estimate of drug-likeness (QED) is 0.294. The van der Waals surface area contributed by atoms with E-state index < -0.39 is 0 Å². The van der Waals surface area contributed by atoms with Gasteiger partial charge in [0.2, 0.25) is 0 Å². The Balaban J connectivity index is 1.98. The zero-order valence-electron chi connectivity index (χ0n) is 17.8. The Labute approximate surface area is 168 Å². The van der Waals surface area contributed by atoms with Crippen LogP contribution in [-0.2, 0) is 12.8 Å². The van der Waals surface area contributed by atoms with E-state index in [-0.39, 0.29) is 0 Å². The molecule has 0 bridgehead atoms. The summed E-state index contributed by atoms with van der Waals surface area (Å²) in [5, 5.41) is 0. The highest BCUT2D eigenvalue weighted by molar-refractivity contribution is 5.68. The third kappa shape index (κ3) is 7.91. The van der Waals surface area contributed by atoms with Crippen LogP contribution in [0.5, 0.6) is 0 Å². The Morgan fingerprint density at radius 3 is 1.81 bits per heavy atom. The molecule has 2 aromatic rings. The molecule has 0 fully saturated rings. The maximum Gasteiger partial charge on any atom is -0.0149 e. The van der Waals surface area contributed by atoms with Crippen molar-refractivity contribution in [1.29, 1.82) is 0 Å². The van der Waals surface area contributed by atoms with Gasteiger partial charge in [-0.15, -0.1) is 0 Å². The molecule has 0 heteroatoms. The van der Waals surface area contributed by atoms with Crippen LogP contribution < -0.4 is 0 Å². The largest absolute Gasteiger partial charge is 0.0654 e. The van der Waals surface area contributed by atoms with Crippen LogP contribution in [0, 0.1) is 0 Å². The van der Waals surface area contributed by atoms with Crippen LogP contribution in [-0.4, -0.2) is 0 Å². The monoisotopic (exact) mass is 364 g/mol. The highest BCUT2D eigenvalue weighted by Crippen LogP contribution is 2.29. The van der Waals surface area contributed by atoms with Gasteiger partial charge < -0.3 is 0 Å². The zero-order chi connectivity index (χ0) is 19.2. The van der Waals surface area contributed by atoms with Crippen molar-refractivity contribution >= 4 is 0 Å². The SMILES string of the molecule is CCCCCCCCCCc1c(CCCCC)cccc1-c1ccccc1. The lowest BCUT2D eigenvalue weighted by Crippen LogP contribution is -1.99. The minimum atomic E-state index is 1.24. The molecule has 0 aliphatic heterocycles. The molecule has 2 aromatic carbocycles. The molecule has 0 N–H and O–H groups in total. The van der Waals surface area contributed by atoms with Gasteiger partial charge in [-0.25, -0.2) is 0 Å². The number of rotatable bonds is 14. The molecule has 0 heterocycles. The van der Waals surface area contributed by atoms with Crippen molar-refractivity contribution < 1.29 is 0 Å². The predicted octanol–water partition coefficient (Wildman–Crippen LogP) is 8.77. The van der Waals surface area contributed by atoms with Crippen molar-refractivity contribution in [1.82, 2.24) is 0 Å². The van der Waals surface area contributed by atoms with Crippen LogP contribution in [0.4, 0.5) is 0 Å². The van der Waals surface area contributed by atoms with E-state index >= 15 is 0 Å². The van der Waals surface area contributed by atoms with E-state index in [0.717, 1.165) is 0 Å². The molecule has 0 unspecified atom stereocenters. The summed E-state index contributed by atoms with van der Waals surface area (Å²) in [6, 6.07) is 18.0. The van der Waals surface area contributed by atoms with Gasteiger partial charge in [0.05, 0.1) is 0 Å². The lowest BCUT2D eigenvalue weighted by Gasteiger charge is -2.16. The minimum Gasteiger partial charge on any atom is -0.0654 e. The van der Waals surface area contributed by atoms with E-state index in [1.54, 1.807) is 11.1 Å². The van der Waals surface area contributed by atoms with Crippen molar-refractivity contribution in [2.24, 2.45) is 0 Å². The fourth-order valence-corrected chi connectivity index (χ4v) is 4.05. The predicted molar refractivity (Wildman–Crippen MR) is 121 cm³/mol. The Hall–Kier alpha value is -1.56. The van der Waals surface area contributed by atoms with Crippen molar-refractivity contribution in [3.05, 3.63) is 59.7 Å². The normalized spacial score (nSPS) is 11.0. The molecule has 0 atom stereocenters. The van der Waals surface area contributed by atoms with Crippen LogP contribution in [0.2, 0.25) is 0 Å². The summed E-state index contributed by atoms with van der Waals surface area (Å²) in [6.07, 6.45) is 17.6. The van der Waals surface area contributed by atoms with E-state index in [1.165, 1.54) is 94.6 Å². The van der Waals surface area contributed by atoms with Gasteiger partial charge in [-0.3, -0.25) is 0 Å². The van der Waals surface area contributed by atoms with Gasteiger partial charge in [0.15, 0.2) is 0 Å². The summed E-state index contributed by atoms with van der Waals surface area (Å²) >= 11 is 0. The number of aryl methyl sites for hydroxylation is 1. The molecule has 148 valence electrons. The fourth-order valence-electron chi connectivity index (χ4n) is 4.05. The van der Waals surface area contributed by atoms with Crippen molar-refractivity contribution in [3.63, 3.8) is 0 Å². The topological polar surface area (TPSA) is 0 Å². The van der Waals surface area contributed by atoms with Gasteiger partial charge in [0.25, 0.3) is 0 Å². The van der Waals surface area contributed by atoms with Gasteiger partial charge in [-0.2, -0.15) is 0 Å². The highest BCUT2D eigenvalue weighted by Gasteiger charge is 2.10. The smallest absolute Gasteiger partial charge is 0.0149 e. The second kappa shape index (κ2) is 13.6. The van der Waals surface area contributed by atoms with E-state index in [1.807, 2.05) is 0 Å². The van der Waals surface area contributed by atoms with Crippen LogP contribution in [0.3, 0.4) is 0 Å². The van der Waals surface area contributed by atoms with Gasteiger partial charge in [-0.1, -0.05) is 120 Å². The minimum absolute atomic E-state index is 1.24. The molecule has 0 spiro atoms. The van der Waals surface area contributed by atoms with Gasteiger partial charge >= 0.3 is 0 Å². The molecular formula is C27H40. The van der Waals surface area contributed by atoms with Gasteiger partial charge in [-0.05, 0) is 47.9 Å². The van der Waals surface area contributed by atoms with Crippen LogP contribution in [0.25, 0.3) is 11.1 Å². The molecule has 0 aliphatic carbocycles. The highest BCUT2D eigenvalue weighted by atomic mass is 14.1. The zero-order valence-corrected chi connectivity index (χ0v) is 17.8. The van der Waals surface area contributed by atoms with Crippen molar-refractivity contribution in [2.75, 3.05) is 0 Å². The second-order valence-electron chi connectivity index (χ2n) is 7.99. The Kier molecular flexibility index (Phi) is 10.9. The number of hydrogen-bond donors (Lipinski definition) is 0. The van der Waals surface area contributed by atoms with E-state index in [9.17, 15) is 0 Å². The maximum atomic E-state index is 2.38. The first-order valence-corrected chi connectivity index (χ1v) is 11.5. The number of unbranched alkanes of at least 4 members (excludes halogenated alkanes) is 9. The molecule has 2 rings (SSSR count). The molecule has 27 heavy (non-hydrogen) atoms. The van der Waals surface area contributed by atoms with Crippen LogP contribution in [0.1, 0.15) is 95.6 Å². The summed E-state index contributed by atoms with van der Waals surface area (Å²) in [5.74, 6) is 0. The first kappa shape index (κ1) is 21.7. The summed E-state index contributed by atoms with van der Waals surface area (Å²) in [7, 11) is 0. The molecule has 0 saturated heterocycles. The van der Waals surface area contributed by atoms with E-state index in [4.69, 9.17) is 0 Å². The second-order valence-corrected chi connectivity index (χ2v) is 7.99. The molecule has 0 nitrogen and oxygen atoms in total. The third-order valence-corrected chi connectivity index (χ3v) is 5.69. The number of hydrogen-bond acceptors (Lipinski definition) is 0. The van der Waals surface area contributed by atoms with Gasteiger partial charge in [0, 0.05) is 0 Å². The van der Waals surface area contributed by atoms with Crippen molar-refractivity contribution in [2.45, 2.75) is 97.3 Å². The molecule has 0 saturated carbocycles. The average molecular weight is 365 g/mol. The summed E-state index contributed by atoms with van der Waals surface area (Å²) in [5.41, 5.74) is 6.05. The average Bonchev–Trinajstić information content (AvgIpc) is 2.71. The third-order valence-electron chi connectivity index (χ3n) is 5.69. The van der Waals surface area contributed by atoms with Crippen LogP contribution in [0.15, 0.2) is 48.5 Å². The molecular weight excluding hydrogens is 324 g/mol. The first-order valence-electron chi connectivity index (χ1n) is 11.5. The Morgan fingerprint density at radius 2 is 1.11 bits per heavy atom. The maximum absolute atomic E-state index is 2.38. The summed E-state index contributed by atoms with van der Waals surface area (Å²) in [4.78, 5) is 0. The Bertz CT molecular complexity index is 611. The number of benzene rings is 2. The summed E-state index contributed by atoms with van der Waals surface area (Å²) in [6.45, 7) is 4.59. The van der Waals surface area contributed by atoms with Crippen LogP contribution >= 0.6 is 0 Å². The standard InChI is InChI=1S/C27H40/c1-3-5-7-8-9-10-11-16-22-26-25(18-13-6-4-2)21-17-23-27(26)24-19-14-12-15-20-24/h12,14-15,17,19-21,23H,3-11,13,16,18,22H2,1-2H3. The molecule has 0 aromatic heterocycles.